The molecule has 0 aliphatic heterocycles. The summed E-state index contributed by atoms with van der Waals surface area (Å²) in [6.07, 6.45) is -0.419. The molecule has 0 aliphatic carbocycles. The first-order valence-electron chi connectivity index (χ1n) is 8.61. The summed E-state index contributed by atoms with van der Waals surface area (Å²) in [5.74, 6) is -0.622. The molecular formula is C22H19NO4. The molecule has 136 valence electrons. The lowest BCUT2D eigenvalue weighted by Gasteiger charge is -2.25. The molecule has 0 saturated heterocycles. The van der Waals surface area contributed by atoms with E-state index in [1.54, 1.807) is 0 Å². The van der Waals surface area contributed by atoms with Crippen molar-refractivity contribution in [1.82, 2.24) is 0 Å². The number of hydrogen-bond donors (Lipinski definition) is 0. The van der Waals surface area contributed by atoms with Crippen LogP contribution in [0.3, 0.4) is 0 Å². The number of benzene rings is 3. The van der Waals surface area contributed by atoms with Crippen LogP contribution in [0, 0.1) is 10.1 Å². The Kier molecular flexibility index (Phi) is 5.61. The number of carbonyl (C=O) groups is 1. The molecule has 0 spiro atoms. The van der Waals surface area contributed by atoms with Gasteiger partial charge in [0.15, 0.2) is 0 Å². The number of nitro benzene ring substituents is 1. The number of carbonyl (C=O) groups excluding carboxylic acids is 1. The van der Waals surface area contributed by atoms with Gasteiger partial charge in [-0.3, -0.25) is 10.1 Å². The average Bonchev–Trinajstić information content (AvgIpc) is 2.70. The maximum atomic E-state index is 12.5. The first kappa shape index (κ1) is 18.3. The van der Waals surface area contributed by atoms with Gasteiger partial charge in [0.05, 0.1) is 10.5 Å². The SMILES string of the molecule is C[C@@H](OC(=O)c1ccc([N+](=O)[O-])cc1)C(c1ccccc1)c1ccccc1. The molecule has 0 aromatic heterocycles. The molecule has 0 N–H and O–H groups in total. The molecule has 3 aromatic rings. The Hall–Kier alpha value is -3.47. The first-order valence-corrected chi connectivity index (χ1v) is 8.61. The Bertz CT molecular complexity index is 869. The summed E-state index contributed by atoms with van der Waals surface area (Å²) in [6.45, 7) is 1.86. The van der Waals surface area contributed by atoms with Crippen molar-refractivity contribution in [2.45, 2.75) is 18.9 Å². The van der Waals surface area contributed by atoms with Crippen LogP contribution in [0.1, 0.15) is 34.3 Å². The summed E-state index contributed by atoms with van der Waals surface area (Å²) in [5.41, 5.74) is 2.32. The number of ether oxygens (including phenoxy) is 1. The minimum atomic E-state index is -0.505. The van der Waals surface area contributed by atoms with Crippen LogP contribution in [0.5, 0.6) is 0 Å². The summed E-state index contributed by atoms with van der Waals surface area (Å²) in [6, 6.07) is 25.2. The van der Waals surface area contributed by atoms with E-state index < -0.39 is 17.0 Å². The topological polar surface area (TPSA) is 69.4 Å². The zero-order chi connectivity index (χ0) is 19.2. The van der Waals surface area contributed by atoms with E-state index in [4.69, 9.17) is 4.74 Å². The number of non-ortho nitro benzene ring substituents is 1. The maximum absolute atomic E-state index is 12.5. The predicted molar refractivity (Wildman–Crippen MR) is 103 cm³/mol. The second-order valence-electron chi connectivity index (χ2n) is 6.21. The molecule has 3 rings (SSSR count). The monoisotopic (exact) mass is 361 g/mol. The molecule has 3 aromatic carbocycles. The van der Waals surface area contributed by atoms with Crippen LogP contribution in [-0.2, 0) is 4.74 Å². The van der Waals surface area contributed by atoms with Crippen molar-refractivity contribution in [2.75, 3.05) is 0 Å². The molecule has 0 bridgehead atoms. The number of nitro groups is 1. The van der Waals surface area contributed by atoms with E-state index in [2.05, 4.69) is 0 Å². The van der Waals surface area contributed by atoms with Gasteiger partial charge in [-0.05, 0) is 30.2 Å². The van der Waals surface area contributed by atoms with Gasteiger partial charge in [-0.2, -0.15) is 0 Å². The van der Waals surface area contributed by atoms with Crippen molar-refractivity contribution >= 4 is 11.7 Å². The number of hydrogen-bond acceptors (Lipinski definition) is 4. The van der Waals surface area contributed by atoms with Gasteiger partial charge >= 0.3 is 5.97 Å². The van der Waals surface area contributed by atoms with Crippen LogP contribution in [-0.4, -0.2) is 17.0 Å². The molecule has 0 fully saturated rings. The van der Waals surface area contributed by atoms with E-state index in [9.17, 15) is 14.9 Å². The van der Waals surface area contributed by atoms with Gasteiger partial charge in [-0.15, -0.1) is 0 Å². The van der Waals surface area contributed by atoms with Crippen molar-refractivity contribution in [1.29, 1.82) is 0 Å². The molecule has 0 amide bonds. The summed E-state index contributed by atoms with van der Waals surface area (Å²) < 4.78 is 5.70. The van der Waals surface area contributed by atoms with Gasteiger partial charge < -0.3 is 4.74 Å². The summed E-state index contributed by atoms with van der Waals surface area (Å²) in [4.78, 5) is 22.8. The zero-order valence-electron chi connectivity index (χ0n) is 14.8. The van der Waals surface area contributed by atoms with E-state index >= 15 is 0 Å². The fourth-order valence-corrected chi connectivity index (χ4v) is 3.08. The average molecular weight is 361 g/mol. The van der Waals surface area contributed by atoms with Crippen LogP contribution in [0.2, 0.25) is 0 Å². The van der Waals surface area contributed by atoms with Gasteiger partial charge in [0.25, 0.3) is 5.69 Å². The Labute approximate surface area is 157 Å². The fourth-order valence-electron chi connectivity index (χ4n) is 3.08. The summed E-state index contributed by atoms with van der Waals surface area (Å²) >= 11 is 0. The van der Waals surface area contributed by atoms with Crippen LogP contribution in [0.4, 0.5) is 5.69 Å². The lowest BCUT2D eigenvalue weighted by molar-refractivity contribution is -0.384. The highest BCUT2D eigenvalue weighted by molar-refractivity contribution is 5.89. The quantitative estimate of drug-likeness (QED) is 0.353. The largest absolute Gasteiger partial charge is 0.458 e. The molecule has 5 heteroatoms. The van der Waals surface area contributed by atoms with E-state index in [1.165, 1.54) is 24.3 Å². The highest BCUT2D eigenvalue weighted by Crippen LogP contribution is 2.30. The van der Waals surface area contributed by atoms with Gasteiger partial charge in [0.2, 0.25) is 0 Å². The molecule has 5 nitrogen and oxygen atoms in total. The number of rotatable bonds is 6. The summed E-state index contributed by atoms with van der Waals surface area (Å²) in [7, 11) is 0. The Morgan fingerprint density at radius 3 is 1.78 bits per heavy atom. The van der Waals surface area contributed by atoms with Gasteiger partial charge in [0.1, 0.15) is 6.10 Å². The predicted octanol–water partition coefficient (Wildman–Crippen LogP) is 4.97. The zero-order valence-corrected chi connectivity index (χ0v) is 14.8. The molecule has 27 heavy (non-hydrogen) atoms. The number of esters is 1. The van der Waals surface area contributed by atoms with Crippen molar-refractivity contribution in [2.24, 2.45) is 0 Å². The third kappa shape index (κ3) is 4.39. The van der Waals surface area contributed by atoms with Crippen LogP contribution < -0.4 is 0 Å². The van der Waals surface area contributed by atoms with Crippen LogP contribution >= 0.6 is 0 Å². The van der Waals surface area contributed by atoms with E-state index in [0.29, 0.717) is 0 Å². The van der Waals surface area contributed by atoms with Crippen LogP contribution in [0.15, 0.2) is 84.9 Å². The molecule has 0 unspecified atom stereocenters. The lowest BCUT2D eigenvalue weighted by Crippen LogP contribution is -2.23. The molecule has 1 atom stereocenters. The van der Waals surface area contributed by atoms with Crippen molar-refractivity contribution in [3.05, 3.63) is 112 Å². The third-order valence-corrected chi connectivity index (χ3v) is 4.39. The smallest absolute Gasteiger partial charge is 0.338 e. The second-order valence-corrected chi connectivity index (χ2v) is 6.21. The van der Waals surface area contributed by atoms with Gasteiger partial charge in [-0.1, -0.05) is 60.7 Å². The van der Waals surface area contributed by atoms with Crippen molar-refractivity contribution < 1.29 is 14.5 Å². The molecule has 0 saturated carbocycles. The van der Waals surface area contributed by atoms with Gasteiger partial charge in [0, 0.05) is 18.1 Å². The number of nitrogens with zero attached hydrogens (tertiary/aromatic N) is 1. The first-order chi connectivity index (χ1) is 13.1. The lowest BCUT2D eigenvalue weighted by atomic mass is 9.87. The highest BCUT2D eigenvalue weighted by Gasteiger charge is 2.25. The third-order valence-electron chi connectivity index (χ3n) is 4.39. The molecule has 0 aliphatic rings. The second kappa shape index (κ2) is 8.27. The van der Waals surface area contributed by atoms with E-state index in [-0.39, 0.29) is 17.2 Å². The fraction of sp³-hybridized carbons (Fsp3) is 0.136. The normalized spacial score (nSPS) is 11.8. The highest BCUT2D eigenvalue weighted by atomic mass is 16.6. The molecular weight excluding hydrogens is 342 g/mol. The van der Waals surface area contributed by atoms with Gasteiger partial charge in [-0.25, -0.2) is 4.79 Å². The minimum Gasteiger partial charge on any atom is -0.458 e. The van der Waals surface area contributed by atoms with Crippen LogP contribution in [0.25, 0.3) is 0 Å². The molecule has 0 radical (unpaired) electrons. The standard InChI is InChI=1S/C22H19NO4/c1-16(27-22(24)19-12-14-20(15-13-19)23(25)26)21(17-8-4-2-5-9-17)18-10-6-3-7-11-18/h2-16,21H,1H3/t16-/m1/s1. The maximum Gasteiger partial charge on any atom is 0.338 e. The van der Waals surface area contributed by atoms with E-state index in [1.807, 2.05) is 67.6 Å². The van der Waals surface area contributed by atoms with Crippen molar-refractivity contribution in [3.63, 3.8) is 0 Å². The van der Waals surface area contributed by atoms with Crippen molar-refractivity contribution in [3.8, 4) is 0 Å². The molecule has 0 heterocycles. The Balaban J connectivity index is 1.83. The Morgan fingerprint density at radius 1 is 0.852 bits per heavy atom. The van der Waals surface area contributed by atoms with E-state index in [0.717, 1.165) is 11.1 Å². The summed E-state index contributed by atoms with van der Waals surface area (Å²) in [5, 5.41) is 10.8. The Morgan fingerprint density at radius 2 is 1.33 bits per heavy atom. The minimum absolute atomic E-state index is 0.0638.